The molecule has 0 aliphatic carbocycles. The smallest absolute Gasteiger partial charge is 0.463 e. The van der Waals surface area contributed by atoms with Gasteiger partial charge in [0.15, 0.2) is 0 Å². The summed E-state index contributed by atoms with van der Waals surface area (Å²) in [5.41, 5.74) is 0. The van der Waals surface area contributed by atoms with Crippen molar-refractivity contribution in [3.8, 4) is 0 Å². The van der Waals surface area contributed by atoms with Crippen molar-refractivity contribution in [3.63, 3.8) is 0 Å². The van der Waals surface area contributed by atoms with Gasteiger partial charge in [-0.05, 0) is 6.42 Å². The summed E-state index contributed by atoms with van der Waals surface area (Å²) in [5.74, 6) is -0.594. The molecule has 0 saturated heterocycles. The van der Waals surface area contributed by atoms with Crippen molar-refractivity contribution in [2.45, 2.75) is 27.2 Å². The molecule has 6 nitrogen and oxygen atoms in total. The molecule has 0 fully saturated rings. The first kappa shape index (κ1) is 15.6. The predicted molar refractivity (Wildman–Crippen MR) is 57.8 cm³/mol. The molecule has 0 saturated carbocycles. The zero-order valence-electron chi connectivity index (χ0n) is 9.84. The van der Waals surface area contributed by atoms with Crippen LogP contribution in [0.2, 0.25) is 0 Å². The Morgan fingerprint density at radius 1 is 1.25 bits per heavy atom. The average molecular weight is 254 g/mol. The molecule has 0 radical (unpaired) electrons. The largest absolute Gasteiger partial charge is 0.472 e. The molecule has 0 aliphatic rings. The van der Waals surface area contributed by atoms with E-state index >= 15 is 0 Å². The molecule has 1 atom stereocenters. The third-order valence-corrected chi connectivity index (χ3v) is 2.53. The number of esters is 1. The van der Waals surface area contributed by atoms with E-state index in [4.69, 9.17) is 9.63 Å². The highest BCUT2D eigenvalue weighted by Gasteiger charge is 2.20. The Bertz CT molecular complexity index is 252. The van der Waals surface area contributed by atoms with Gasteiger partial charge in [-0.3, -0.25) is 13.8 Å². The Labute approximate surface area is 95.5 Å². The number of carbonyl (C=O) groups is 1. The van der Waals surface area contributed by atoms with Crippen LogP contribution in [0, 0.1) is 5.92 Å². The summed E-state index contributed by atoms with van der Waals surface area (Å²) in [4.78, 5) is 20.1. The van der Waals surface area contributed by atoms with Crippen LogP contribution >= 0.6 is 7.82 Å². The summed E-state index contributed by atoms with van der Waals surface area (Å²) >= 11 is 0. The molecule has 7 heteroatoms. The van der Waals surface area contributed by atoms with Crippen molar-refractivity contribution < 1.29 is 28.0 Å². The highest BCUT2D eigenvalue weighted by atomic mass is 31.2. The normalized spacial score (nSPS) is 14.8. The van der Waals surface area contributed by atoms with Crippen LogP contribution in [0.15, 0.2) is 0 Å². The second kappa shape index (κ2) is 7.79. The number of hydrogen-bond donors (Lipinski definition) is 1. The van der Waals surface area contributed by atoms with E-state index in [1.54, 1.807) is 13.8 Å². The Kier molecular flexibility index (Phi) is 7.58. The fourth-order valence-electron chi connectivity index (χ4n) is 0.705. The first-order chi connectivity index (χ1) is 7.39. The van der Waals surface area contributed by atoms with Crippen LogP contribution in [0.5, 0.6) is 0 Å². The van der Waals surface area contributed by atoms with Crippen molar-refractivity contribution in [2.75, 3.05) is 19.8 Å². The number of hydrogen-bond acceptors (Lipinski definition) is 5. The van der Waals surface area contributed by atoms with E-state index in [1.165, 1.54) is 0 Å². The molecule has 0 rings (SSSR count). The van der Waals surface area contributed by atoms with Crippen LogP contribution in [-0.2, 0) is 23.1 Å². The fraction of sp³-hybridized carbons (Fsp3) is 0.889. The number of ether oxygens (including phenoxy) is 1. The van der Waals surface area contributed by atoms with Crippen LogP contribution in [0.1, 0.15) is 27.2 Å². The topological polar surface area (TPSA) is 82.1 Å². The van der Waals surface area contributed by atoms with Crippen molar-refractivity contribution >= 4 is 13.8 Å². The van der Waals surface area contributed by atoms with Crippen LogP contribution < -0.4 is 0 Å². The lowest BCUT2D eigenvalue weighted by Crippen LogP contribution is -2.15. The van der Waals surface area contributed by atoms with Gasteiger partial charge in [-0.25, -0.2) is 4.57 Å². The van der Waals surface area contributed by atoms with Gasteiger partial charge in [-0.1, -0.05) is 20.8 Å². The molecule has 16 heavy (non-hydrogen) atoms. The molecule has 96 valence electrons. The van der Waals surface area contributed by atoms with Crippen molar-refractivity contribution in [2.24, 2.45) is 5.92 Å². The lowest BCUT2D eigenvalue weighted by atomic mass is 10.2. The van der Waals surface area contributed by atoms with Gasteiger partial charge in [0.1, 0.15) is 6.61 Å². The van der Waals surface area contributed by atoms with E-state index in [9.17, 15) is 9.36 Å². The van der Waals surface area contributed by atoms with Gasteiger partial charge in [0.05, 0.1) is 19.1 Å². The van der Waals surface area contributed by atoms with E-state index in [2.05, 4.69) is 9.05 Å². The van der Waals surface area contributed by atoms with Gasteiger partial charge in [-0.2, -0.15) is 0 Å². The molecule has 0 aromatic heterocycles. The predicted octanol–water partition coefficient (Wildman–Crippen LogP) is 1.73. The maximum absolute atomic E-state index is 11.1. The van der Waals surface area contributed by atoms with Crippen LogP contribution in [-0.4, -0.2) is 30.7 Å². The Hall–Kier alpha value is -0.420. The Morgan fingerprint density at radius 2 is 1.81 bits per heavy atom. The number of carbonyl (C=O) groups excluding carboxylic acids is 1. The molecule has 0 aromatic carbocycles. The maximum Gasteiger partial charge on any atom is 0.472 e. The molecule has 0 heterocycles. The van der Waals surface area contributed by atoms with E-state index in [-0.39, 0.29) is 31.7 Å². The second-order valence-electron chi connectivity index (χ2n) is 3.46. The molecule has 0 aromatic rings. The Balaban J connectivity index is 3.65. The van der Waals surface area contributed by atoms with E-state index in [0.29, 0.717) is 6.42 Å². The molecule has 1 unspecified atom stereocenters. The van der Waals surface area contributed by atoms with Crippen molar-refractivity contribution in [1.82, 2.24) is 0 Å². The van der Waals surface area contributed by atoms with Crippen LogP contribution in [0.4, 0.5) is 0 Å². The highest BCUT2D eigenvalue weighted by Crippen LogP contribution is 2.42. The van der Waals surface area contributed by atoms with Crippen LogP contribution in [0.3, 0.4) is 0 Å². The SMILES string of the molecule is CCCOP(=O)(O)OCCOC(=O)C(C)C. The number of phosphoric acid groups is 1. The van der Waals surface area contributed by atoms with E-state index < -0.39 is 7.82 Å². The monoisotopic (exact) mass is 254 g/mol. The first-order valence-electron chi connectivity index (χ1n) is 5.17. The number of rotatable bonds is 8. The summed E-state index contributed by atoms with van der Waals surface area (Å²) in [6.45, 7) is 5.14. The van der Waals surface area contributed by atoms with Crippen molar-refractivity contribution in [1.29, 1.82) is 0 Å². The summed E-state index contributed by atoms with van der Waals surface area (Å²) in [7, 11) is -3.98. The first-order valence-corrected chi connectivity index (χ1v) is 6.67. The molecule has 0 spiro atoms. The molecule has 0 bridgehead atoms. The minimum absolute atomic E-state index is 0.0585. The minimum Gasteiger partial charge on any atom is -0.463 e. The van der Waals surface area contributed by atoms with Gasteiger partial charge in [0, 0.05) is 0 Å². The van der Waals surface area contributed by atoms with Gasteiger partial charge in [-0.15, -0.1) is 0 Å². The second-order valence-corrected chi connectivity index (χ2v) is 4.91. The van der Waals surface area contributed by atoms with E-state index in [1.807, 2.05) is 6.92 Å². The quantitative estimate of drug-likeness (QED) is 0.403. The molecule has 0 amide bonds. The lowest BCUT2D eigenvalue weighted by Gasteiger charge is -2.12. The lowest BCUT2D eigenvalue weighted by molar-refractivity contribution is -0.148. The fourth-order valence-corrected chi connectivity index (χ4v) is 1.50. The van der Waals surface area contributed by atoms with Crippen molar-refractivity contribution in [3.05, 3.63) is 0 Å². The van der Waals surface area contributed by atoms with E-state index in [0.717, 1.165) is 0 Å². The number of phosphoric ester groups is 1. The molecular weight excluding hydrogens is 235 g/mol. The molecular formula is C9H19O6P. The highest BCUT2D eigenvalue weighted by molar-refractivity contribution is 7.47. The Morgan fingerprint density at radius 3 is 2.31 bits per heavy atom. The summed E-state index contributed by atoms with van der Waals surface area (Å²) in [5, 5.41) is 0. The minimum atomic E-state index is -3.98. The van der Waals surface area contributed by atoms with Gasteiger partial charge in [0.2, 0.25) is 0 Å². The standard InChI is InChI=1S/C9H19O6P/c1-4-5-14-16(11,12)15-7-6-13-9(10)8(2)3/h8H,4-7H2,1-3H3,(H,11,12). The summed E-state index contributed by atoms with van der Waals surface area (Å²) < 4.78 is 25.0. The van der Waals surface area contributed by atoms with Gasteiger partial charge >= 0.3 is 13.8 Å². The average Bonchev–Trinajstić information content (AvgIpc) is 2.21. The molecule has 1 N–H and O–H groups in total. The maximum atomic E-state index is 11.1. The van der Waals surface area contributed by atoms with Gasteiger partial charge < -0.3 is 9.63 Å². The third kappa shape index (κ3) is 7.82. The third-order valence-electron chi connectivity index (χ3n) is 1.51. The summed E-state index contributed by atoms with van der Waals surface area (Å²) in [6, 6.07) is 0. The summed E-state index contributed by atoms with van der Waals surface area (Å²) in [6.07, 6.45) is 0.621. The van der Waals surface area contributed by atoms with Gasteiger partial charge in [0.25, 0.3) is 0 Å². The molecule has 0 aliphatic heterocycles. The zero-order chi connectivity index (χ0) is 12.6. The van der Waals surface area contributed by atoms with Crippen LogP contribution in [0.25, 0.3) is 0 Å². The zero-order valence-corrected chi connectivity index (χ0v) is 10.7.